The Labute approximate surface area is 128 Å². The third kappa shape index (κ3) is 2.95. The van der Waals surface area contributed by atoms with E-state index >= 15 is 0 Å². The van der Waals surface area contributed by atoms with E-state index in [9.17, 15) is 14.4 Å². The van der Waals surface area contributed by atoms with Gasteiger partial charge in [-0.3, -0.25) is 4.79 Å². The summed E-state index contributed by atoms with van der Waals surface area (Å²) >= 11 is 5.98. The van der Waals surface area contributed by atoms with Gasteiger partial charge in [-0.15, -0.1) is 0 Å². The van der Waals surface area contributed by atoms with E-state index in [1.807, 2.05) is 26.8 Å². The van der Waals surface area contributed by atoms with Gasteiger partial charge in [-0.25, -0.2) is 4.39 Å². The molecule has 1 aliphatic rings. The quantitative estimate of drug-likeness (QED) is 0.855. The molecular formula is C16H17ClFNO2. The van der Waals surface area contributed by atoms with Crippen molar-refractivity contribution in [3.05, 3.63) is 34.6 Å². The molecule has 2 rings (SSSR count). The average molecular weight is 310 g/mol. The number of hydrogen-bond acceptors (Lipinski definition) is 3. The van der Waals surface area contributed by atoms with Crippen LogP contribution >= 0.6 is 11.6 Å². The van der Waals surface area contributed by atoms with E-state index in [0.717, 1.165) is 6.07 Å². The first-order valence-corrected chi connectivity index (χ1v) is 7.28. The van der Waals surface area contributed by atoms with Crippen LogP contribution < -0.4 is 0 Å². The summed E-state index contributed by atoms with van der Waals surface area (Å²) in [4.78, 5) is 12.7. The van der Waals surface area contributed by atoms with Crippen LogP contribution in [0, 0.1) is 29.0 Å². The predicted molar refractivity (Wildman–Crippen MR) is 77.4 cm³/mol. The van der Waals surface area contributed by atoms with E-state index < -0.39 is 11.7 Å². The Morgan fingerprint density at radius 2 is 2.05 bits per heavy atom. The third-order valence-electron chi connectivity index (χ3n) is 4.26. The smallest absolute Gasteiger partial charge is 0.160 e. The molecule has 5 atom stereocenters. The van der Waals surface area contributed by atoms with E-state index in [0.29, 0.717) is 5.56 Å². The first kappa shape index (κ1) is 15.9. The van der Waals surface area contributed by atoms with Crippen molar-refractivity contribution < 1.29 is 13.9 Å². The van der Waals surface area contributed by atoms with Gasteiger partial charge < -0.3 is 4.74 Å². The van der Waals surface area contributed by atoms with Crippen LogP contribution in [0.5, 0.6) is 0 Å². The van der Waals surface area contributed by atoms with Crippen molar-refractivity contribution in [2.45, 2.75) is 38.9 Å². The van der Waals surface area contributed by atoms with Gasteiger partial charge >= 0.3 is 0 Å². The highest BCUT2D eigenvalue weighted by Crippen LogP contribution is 2.37. The van der Waals surface area contributed by atoms with Crippen LogP contribution in [0.25, 0.3) is 0 Å². The predicted octanol–water partition coefficient (Wildman–Crippen LogP) is 3.71. The highest BCUT2D eigenvalue weighted by molar-refractivity contribution is 6.31. The number of hydrogen-bond donors (Lipinski definition) is 0. The summed E-state index contributed by atoms with van der Waals surface area (Å²) in [7, 11) is 0. The molecule has 1 aromatic rings. The number of ether oxygens (including phenoxy) is 1. The van der Waals surface area contributed by atoms with Gasteiger partial charge in [0.15, 0.2) is 5.78 Å². The van der Waals surface area contributed by atoms with Crippen molar-refractivity contribution in [2.75, 3.05) is 0 Å². The fourth-order valence-corrected chi connectivity index (χ4v) is 3.25. The minimum absolute atomic E-state index is 0.0302. The lowest BCUT2D eigenvalue weighted by Crippen LogP contribution is -2.30. The van der Waals surface area contributed by atoms with Crippen molar-refractivity contribution in [1.29, 1.82) is 5.26 Å². The number of rotatable bonds is 3. The summed E-state index contributed by atoms with van der Waals surface area (Å²) in [6, 6.07) is 5.73. The zero-order chi connectivity index (χ0) is 15.7. The summed E-state index contributed by atoms with van der Waals surface area (Å²) in [6.07, 6.45) is -0.269. The van der Waals surface area contributed by atoms with E-state index in [4.69, 9.17) is 16.3 Å². The fourth-order valence-electron chi connectivity index (χ4n) is 2.97. The second-order valence-corrected chi connectivity index (χ2v) is 5.97. The van der Waals surface area contributed by atoms with Gasteiger partial charge in [-0.1, -0.05) is 24.6 Å². The van der Waals surface area contributed by atoms with E-state index in [1.54, 1.807) is 0 Å². The van der Waals surface area contributed by atoms with Crippen molar-refractivity contribution in [1.82, 2.24) is 0 Å². The SMILES string of the molecule is CC1OC(C)C(C(=O)C(C#N)c2ccc(F)cc2Cl)C1C. The van der Waals surface area contributed by atoms with Crippen LogP contribution in [0.1, 0.15) is 32.3 Å². The monoisotopic (exact) mass is 309 g/mol. The molecule has 0 saturated carbocycles. The maximum Gasteiger partial charge on any atom is 0.160 e. The van der Waals surface area contributed by atoms with Crippen LogP contribution in [0.4, 0.5) is 4.39 Å². The Morgan fingerprint density at radius 1 is 1.38 bits per heavy atom. The molecule has 0 N–H and O–H groups in total. The first-order chi connectivity index (χ1) is 9.86. The number of halogens is 2. The summed E-state index contributed by atoms with van der Waals surface area (Å²) in [5, 5.41) is 9.48. The Morgan fingerprint density at radius 3 is 2.52 bits per heavy atom. The molecule has 1 heterocycles. The topological polar surface area (TPSA) is 50.1 Å². The van der Waals surface area contributed by atoms with Crippen LogP contribution in [0.3, 0.4) is 0 Å². The number of carbonyl (C=O) groups is 1. The van der Waals surface area contributed by atoms with Crippen LogP contribution in [0.2, 0.25) is 5.02 Å². The molecule has 5 heteroatoms. The van der Waals surface area contributed by atoms with Gasteiger partial charge in [-0.05, 0) is 37.5 Å². The van der Waals surface area contributed by atoms with Crippen molar-refractivity contribution in [3.8, 4) is 6.07 Å². The van der Waals surface area contributed by atoms with E-state index in [2.05, 4.69) is 0 Å². The Bertz CT molecular complexity index is 598. The largest absolute Gasteiger partial charge is 0.375 e. The Balaban J connectivity index is 2.34. The molecule has 1 aliphatic heterocycles. The molecule has 21 heavy (non-hydrogen) atoms. The van der Waals surface area contributed by atoms with Crippen molar-refractivity contribution >= 4 is 17.4 Å². The minimum atomic E-state index is -0.998. The molecule has 3 nitrogen and oxygen atoms in total. The zero-order valence-electron chi connectivity index (χ0n) is 12.1. The number of benzene rings is 1. The second kappa shape index (κ2) is 6.13. The number of carbonyl (C=O) groups excluding carboxylic acids is 1. The van der Waals surface area contributed by atoms with Crippen LogP contribution in [0.15, 0.2) is 18.2 Å². The van der Waals surface area contributed by atoms with E-state index in [1.165, 1.54) is 12.1 Å². The van der Waals surface area contributed by atoms with Gasteiger partial charge in [0.1, 0.15) is 11.7 Å². The molecule has 1 aromatic carbocycles. The van der Waals surface area contributed by atoms with Gasteiger partial charge in [0, 0.05) is 5.02 Å². The lowest BCUT2D eigenvalue weighted by molar-refractivity contribution is -0.125. The van der Waals surface area contributed by atoms with Crippen molar-refractivity contribution in [3.63, 3.8) is 0 Å². The zero-order valence-corrected chi connectivity index (χ0v) is 12.9. The maximum atomic E-state index is 13.1. The normalized spacial score (nSPS) is 29.9. The summed E-state index contributed by atoms with van der Waals surface area (Å²) in [5.41, 5.74) is 0.351. The molecule has 5 unspecified atom stereocenters. The molecule has 0 aliphatic carbocycles. The van der Waals surface area contributed by atoms with Gasteiger partial charge in [0.2, 0.25) is 0 Å². The molecular weight excluding hydrogens is 293 g/mol. The molecule has 1 fully saturated rings. The lowest BCUT2D eigenvalue weighted by atomic mass is 9.79. The van der Waals surface area contributed by atoms with Gasteiger partial charge in [0.25, 0.3) is 0 Å². The molecule has 1 saturated heterocycles. The number of Topliss-reactive ketones (excluding diaryl/α,β-unsaturated/α-hetero) is 1. The van der Waals surface area contributed by atoms with Crippen LogP contribution in [-0.4, -0.2) is 18.0 Å². The van der Waals surface area contributed by atoms with Crippen LogP contribution in [-0.2, 0) is 9.53 Å². The molecule has 0 spiro atoms. The van der Waals surface area contributed by atoms with Gasteiger partial charge in [-0.2, -0.15) is 5.26 Å². The number of nitriles is 1. The molecule has 0 aromatic heterocycles. The molecule has 112 valence electrons. The lowest BCUT2D eigenvalue weighted by Gasteiger charge is -2.20. The standard InChI is InChI=1S/C16H17ClFNO2/c1-8-9(2)21-10(3)15(8)16(20)13(7-19)12-5-4-11(18)6-14(12)17/h4-6,8-10,13,15H,1-3H3. The second-order valence-electron chi connectivity index (χ2n) is 5.56. The molecule has 0 radical (unpaired) electrons. The summed E-state index contributed by atoms with van der Waals surface area (Å²) in [6.45, 7) is 5.70. The van der Waals surface area contributed by atoms with E-state index in [-0.39, 0.29) is 34.8 Å². The minimum Gasteiger partial charge on any atom is -0.375 e. The number of nitrogens with zero attached hydrogens (tertiary/aromatic N) is 1. The summed E-state index contributed by atoms with van der Waals surface area (Å²) in [5.74, 6) is -2.03. The van der Waals surface area contributed by atoms with Gasteiger partial charge in [0.05, 0.1) is 24.2 Å². The van der Waals surface area contributed by atoms with Crippen molar-refractivity contribution in [2.24, 2.45) is 11.8 Å². The first-order valence-electron chi connectivity index (χ1n) is 6.90. The highest BCUT2D eigenvalue weighted by Gasteiger charge is 2.44. The Hall–Kier alpha value is -1.44. The average Bonchev–Trinajstić information content (AvgIpc) is 2.66. The molecule has 0 bridgehead atoms. The fraction of sp³-hybridized carbons (Fsp3) is 0.500. The maximum absolute atomic E-state index is 13.1. The highest BCUT2D eigenvalue weighted by atomic mass is 35.5. The third-order valence-corrected chi connectivity index (χ3v) is 4.58. The molecule has 0 amide bonds. The Kier molecular flexibility index (Phi) is 4.65. The number of ketones is 1. The summed E-state index contributed by atoms with van der Waals surface area (Å²) < 4.78 is 18.8.